The molecule has 2 heteroatoms. The van der Waals surface area contributed by atoms with Gasteiger partial charge in [-0.15, -0.1) is 0 Å². The maximum atomic E-state index is 5.07. The molecule has 1 aromatic carbocycles. The number of rotatable bonds is 6. The van der Waals surface area contributed by atoms with E-state index in [-0.39, 0.29) is 0 Å². The Hall–Kier alpha value is -0.860. The van der Waals surface area contributed by atoms with Gasteiger partial charge in [0.05, 0.1) is 6.61 Å². The predicted molar refractivity (Wildman–Crippen MR) is 71.3 cm³/mol. The van der Waals surface area contributed by atoms with Crippen LogP contribution in [0, 0.1) is 5.92 Å². The molecule has 2 nitrogen and oxygen atoms in total. The maximum Gasteiger partial charge on any atom is 0.0587 e. The first-order valence-electron chi connectivity index (χ1n) is 6.52. The maximum absolute atomic E-state index is 5.07. The summed E-state index contributed by atoms with van der Waals surface area (Å²) in [4.78, 5) is 0. The summed E-state index contributed by atoms with van der Waals surface area (Å²) in [6.45, 7) is 5.15. The predicted octanol–water partition coefficient (Wildman–Crippen LogP) is 2.59. The van der Waals surface area contributed by atoms with Crippen LogP contribution in [0.3, 0.4) is 0 Å². The minimum absolute atomic E-state index is 0.369. The fraction of sp³-hybridized carbons (Fsp3) is 0.600. The van der Waals surface area contributed by atoms with E-state index in [0.717, 1.165) is 25.6 Å². The highest BCUT2D eigenvalue weighted by Crippen LogP contribution is 2.47. The van der Waals surface area contributed by atoms with Crippen molar-refractivity contribution < 1.29 is 4.74 Å². The van der Waals surface area contributed by atoms with Gasteiger partial charge in [0, 0.05) is 25.6 Å². The van der Waals surface area contributed by atoms with E-state index >= 15 is 0 Å². The number of hydrogen-bond donors (Lipinski definition) is 1. The zero-order chi connectivity index (χ0) is 12.1. The number of ether oxygens (including phenoxy) is 1. The molecule has 2 rings (SSSR count). The van der Waals surface area contributed by atoms with Gasteiger partial charge in [-0.05, 0) is 24.3 Å². The first-order chi connectivity index (χ1) is 8.27. The van der Waals surface area contributed by atoms with Gasteiger partial charge in [-0.25, -0.2) is 0 Å². The summed E-state index contributed by atoms with van der Waals surface area (Å²) in [5.74, 6) is 0.861. The Morgan fingerprint density at radius 2 is 2.00 bits per heavy atom. The average Bonchev–Trinajstić information content (AvgIpc) is 2.33. The van der Waals surface area contributed by atoms with Gasteiger partial charge in [-0.3, -0.25) is 0 Å². The fourth-order valence-corrected chi connectivity index (χ4v) is 3.05. The lowest BCUT2D eigenvalue weighted by atomic mass is 9.59. The smallest absolute Gasteiger partial charge is 0.0587 e. The molecule has 0 saturated heterocycles. The number of hydrogen-bond acceptors (Lipinski definition) is 2. The van der Waals surface area contributed by atoms with E-state index in [9.17, 15) is 0 Å². The number of benzene rings is 1. The SMILES string of the molecule is COCCNCC1(c2ccccc2)CC(C)C1. The van der Waals surface area contributed by atoms with Gasteiger partial charge in [-0.2, -0.15) is 0 Å². The quantitative estimate of drug-likeness (QED) is 0.763. The Balaban J connectivity index is 1.96. The zero-order valence-corrected chi connectivity index (χ0v) is 10.9. The van der Waals surface area contributed by atoms with Gasteiger partial charge in [0.15, 0.2) is 0 Å². The van der Waals surface area contributed by atoms with Crippen LogP contribution in [0.25, 0.3) is 0 Å². The van der Waals surface area contributed by atoms with Crippen LogP contribution in [-0.4, -0.2) is 26.8 Å². The van der Waals surface area contributed by atoms with E-state index in [1.165, 1.54) is 18.4 Å². The Labute approximate surface area is 104 Å². The van der Waals surface area contributed by atoms with Crippen LogP contribution < -0.4 is 5.32 Å². The van der Waals surface area contributed by atoms with Crippen molar-refractivity contribution >= 4 is 0 Å². The van der Waals surface area contributed by atoms with E-state index < -0.39 is 0 Å². The second-order valence-electron chi connectivity index (χ2n) is 5.33. The summed E-state index contributed by atoms with van der Waals surface area (Å²) in [7, 11) is 1.75. The standard InChI is InChI=1S/C15H23NO/c1-13-10-15(11-13,12-16-8-9-17-2)14-6-4-3-5-7-14/h3-7,13,16H,8-12H2,1-2H3. The topological polar surface area (TPSA) is 21.3 Å². The molecule has 1 saturated carbocycles. The Bertz CT molecular complexity index is 330. The summed E-state index contributed by atoms with van der Waals surface area (Å²) in [5, 5.41) is 3.52. The molecule has 0 amide bonds. The van der Waals surface area contributed by atoms with Crippen molar-refractivity contribution in [3.8, 4) is 0 Å². The zero-order valence-electron chi connectivity index (χ0n) is 10.9. The minimum atomic E-state index is 0.369. The molecule has 0 aliphatic heterocycles. The molecule has 1 aliphatic carbocycles. The Kier molecular flexibility index (Phi) is 4.19. The van der Waals surface area contributed by atoms with Crippen LogP contribution in [0.1, 0.15) is 25.3 Å². The second kappa shape index (κ2) is 5.65. The molecule has 0 heterocycles. The third-order valence-electron chi connectivity index (χ3n) is 3.81. The van der Waals surface area contributed by atoms with Crippen molar-refractivity contribution in [1.29, 1.82) is 0 Å². The average molecular weight is 233 g/mol. The number of methoxy groups -OCH3 is 1. The van der Waals surface area contributed by atoms with Crippen molar-refractivity contribution in [2.24, 2.45) is 5.92 Å². The lowest BCUT2D eigenvalue weighted by Gasteiger charge is -2.47. The van der Waals surface area contributed by atoms with Gasteiger partial charge in [0.1, 0.15) is 0 Å². The van der Waals surface area contributed by atoms with Crippen molar-refractivity contribution in [3.63, 3.8) is 0 Å². The highest BCUT2D eigenvalue weighted by Gasteiger charge is 2.42. The first kappa shape index (κ1) is 12.6. The molecule has 0 unspecified atom stereocenters. The van der Waals surface area contributed by atoms with E-state index in [0.29, 0.717) is 5.41 Å². The van der Waals surface area contributed by atoms with Crippen LogP contribution in [0.4, 0.5) is 0 Å². The largest absolute Gasteiger partial charge is 0.383 e. The fourth-order valence-electron chi connectivity index (χ4n) is 3.05. The highest BCUT2D eigenvalue weighted by molar-refractivity contribution is 5.29. The lowest BCUT2D eigenvalue weighted by molar-refractivity contribution is 0.144. The van der Waals surface area contributed by atoms with Crippen molar-refractivity contribution in [3.05, 3.63) is 35.9 Å². The van der Waals surface area contributed by atoms with Crippen LogP contribution in [-0.2, 0) is 10.2 Å². The number of nitrogens with one attached hydrogen (secondary N) is 1. The summed E-state index contributed by atoms with van der Waals surface area (Å²) in [6.07, 6.45) is 2.61. The monoisotopic (exact) mass is 233 g/mol. The highest BCUT2D eigenvalue weighted by atomic mass is 16.5. The molecular formula is C15H23NO. The Morgan fingerprint density at radius 3 is 2.59 bits per heavy atom. The summed E-state index contributed by atoms with van der Waals surface area (Å²) in [5.41, 5.74) is 1.86. The van der Waals surface area contributed by atoms with Crippen LogP contribution in [0.5, 0.6) is 0 Å². The van der Waals surface area contributed by atoms with Crippen molar-refractivity contribution in [2.75, 3.05) is 26.8 Å². The lowest BCUT2D eigenvalue weighted by Crippen LogP contribution is -2.48. The Morgan fingerprint density at radius 1 is 1.29 bits per heavy atom. The summed E-state index contributed by atoms with van der Waals surface area (Å²) in [6, 6.07) is 10.9. The van der Waals surface area contributed by atoms with Crippen LogP contribution in [0.2, 0.25) is 0 Å². The molecule has 1 aromatic rings. The van der Waals surface area contributed by atoms with Gasteiger partial charge in [0.2, 0.25) is 0 Å². The van der Waals surface area contributed by atoms with Crippen LogP contribution in [0.15, 0.2) is 30.3 Å². The molecule has 0 spiro atoms. The van der Waals surface area contributed by atoms with E-state index in [4.69, 9.17) is 4.74 Å². The van der Waals surface area contributed by atoms with Gasteiger partial charge >= 0.3 is 0 Å². The third-order valence-corrected chi connectivity index (χ3v) is 3.81. The molecule has 0 bridgehead atoms. The molecule has 0 radical (unpaired) electrons. The molecule has 1 aliphatic rings. The normalized spacial score (nSPS) is 27.8. The molecule has 1 N–H and O–H groups in total. The third kappa shape index (κ3) is 2.88. The van der Waals surface area contributed by atoms with Gasteiger partial charge in [0.25, 0.3) is 0 Å². The summed E-state index contributed by atoms with van der Waals surface area (Å²) >= 11 is 0. The molecule has 17 heavy (non-hydrogen) atoms. The minimum Gasteiger partial charge on any atom is -0.383 e. The molecule has 0 atom stereocenters. The van der Waals surface area contributed by atoms with E-state index in [1.54, 1.807) is 7.11 Å². The van der Waals surface area contributed by atoms with Crippen molar-refractivity contribution in [2.45, 2.75) is 25.2 Å². The van der Waals surface area contributed by atoms with Gasteiger partial charge in [-0.1, -0.05) is 37.3 Å². The summed E-state index contributed by atoms with van der Waals surface area (Å²) < 4.78 is 5.07. The first-order valence-corrected chi connectivity index (χ1v) is 6.52. The molecule has 0 aromatic heterocycles. The second-order valence-corrected chi connectivity index (χ2v) is 5.33. The van der Waals surface area contributed by atoms with E-state index in [2.05, 4.69) is 42.6 Å². The van der Waals surface area contributed by atoms with Crippen LogP contribution >= 0.6 is 0 Å². The van der Waals surface area contributed by atoms with Gasteiger partial charge < -0.3 is 10.1 Å². The molecule has 94 valence electrons. The molecular weight excluding hydrogens is 210 g/mol. The molecule has 1 fully saturated rings. The van der Waals surface area contributed by atoms with E-state index in [1.807, 2.05) is 0 Å². The van der Waals surface area contributed by atoms with Crippen molar-refractivity contribution in [1.82, 2.24) is 5.32 Å².